The van der Waals surface area contributed by atoms with Crippen molar-refractivity contribution in [3.8, 4) is 11.1 Å². The molecule has 2 amide bonds. The largest absolute Gasteiger partial charge is 0.329 e. The molecular weight excluding hydrogens is 382 g/mol. The summed E-state index contributed by atoms with van der Waals surface area (Å²) >= 11 is 1.42. The Hall–Kier alpha value is -2.99. The van der Waals surface area contributed by atoms with Crippen molar-refractivity contribution in [3.05, 3.63) is 71.2 Å². The lowest BCUT2D eigenvalue weighted by molar-refractivity contribution is -0.116. The molecule has 0 unspecified atom stereocenters. The van der Waals surface area contributed by atoms with Gasteiger partial charge in [-0.2, -0.15) is 0 Å². The molecule has 0 saturated carbocycles. The Morgan fingerprint density at radius 2 is 1.72 bits per heavy atom. The van der Waals surface area contributed by atoms with Crippen LogP contribution in [0.3, 0.4) is 0 Å². The Bertz CT molecular complexity index is 952. The molecule has 0 aliphatic heterocycles. The first-order valence-corrected chi connectivity index (χ1v) is 10.6. The fourth-order valence-corrected chi connectivity index (χ4v) is 3.65. The number of rotatable bonds is 8. The van der Waals surface area contributed by atoms with Gasteiger partial charge in [-0.1, -0.05) is 55.8 Å². The van der Waals surface area contributed by atoms with E-state index in [4.69, 9.17) is 0 Å². The molecule has 29 heavy (non-hydrogen) atoms. The van der Waals surface area contributed by atoms with Crippen LogP contribution in [-0.2, 0) is 4.79 Å². The molecule has 1 N–H and O–H groups in total. The Labute approximate surface area is 175 Å². The molecule has 0 atom stereocenters. The van der Waals surface area contributed by atoms with Crippen LogP contribution in [-0.4, -0.2) is 34.8 Å². The minimum Gasteiger partial charge on any atom is -0.329 e. The number of carbonyl (C=O) groups is 2. The van der Waals surface area contributed by atoms with E-state index in [1.807, 2.05) is 61.5 Å². The highest BCUT2D eigenvalue weighted by molar-refractivity contribution is 7.15. The van der Waals surface area contributed by atoms with Gasteiger partial charge in [-0.3, -0.25) is 9.59 Å². The van der Waals surface area contributed by atoms with Crippen LogP contribution in [0, 0.1) is 6.92 Å². The number of hydrogen-bond donors (Lipinski definition) is 1. The predicted molar refractivity (Wildman–Crippen MR) is 118 cm³/mol. The minimum absolute atomic E-state index is 0.0118. The molecule has 3 rings (SSSR count). The number of nitrogens with one attached hydrogen (secondary N) is 1. The van der Waals surface area contributed by atoms with Crippen molar-refractivity contribution in [2.45, 2.75) is 26.7 Å². The van der Waals surface area contributed by atoms with Gasteiger partial charge >= 0.3 is 0 Å². The third-order valence-corrected chi connectivity index (χ3v) is 5.34. The Morgan fingerprint density at radius 3 is 2.34 bits per heavy atom. The van der Waals surface area contributed by atoms with Gasteiger partial charge in [0.05, 0.1) is 0 Å². The summed E-state index contributed by atoms with van der Waals surface area (Å²) in [5.74, 6) is -0.367. The summed E-state index contributed by atoms with van der Waals surface area (Å²) in [5, 5.41) is 3.34. The van der Waals surface area contributed by atoms with E-state index < -0.39 is 0 Å². The van der Waals surface area contributed by atoms with Crippen LogP contribution in [0.5, 0.6) is 0 Å². The zero-order chi connectivity index (χ0) is 20.6. The summed E-state index contributed by atoms with van der Waals surface area (Å²) < 4.78 is 0. The maximum Gasteiger partial charge on any atom is 0.254 e. The van der Waals surface area contributed by atoms with Gasteiger partial charge in [-0.05, 0) is 36.6 Å². The van der Waals surface area contributed by atoms with Gasteiger partial charge in [0.1, 0.15) is 6.54 Å². The number of anilines is 1. The number of benzene rings is 2. The molecule has 0 spiro atoms. The van der Waals surface area contributed by atoms with E-state index in [-0.39, 0.29) is 18.4 Å². The highest BCUT2D eigenvalue weighted by atomic mass is 32.1. The summed E-state index contributed by atoms with van der Waals surface area (Å²) in [4.78, 5) is 32.2. The predicted octanol–water partition coefficient (Wildman–Crippen LogP) is 5.00. The SMILES string of the molecule is CCCCN(CC(=O)Nc1ncc(C)s1)C(=O)c1ccc(-c2ccccc2)cc1. The topological polar surface area (TPSA) is 62.3 Å². The molecule has 1 aromatic heterocycles. The van der Waals surface area contributed by atoms with Gasteiger partial charge in [0.2, 0.25) is 5.91 Å². The number of aryl methyl sites for hydroxylation is 1. The minimum atomic E-state index is -0.232. The fourth-order valence-electron chi connectivity index (χ4n) is 2.96. The van der Waals surface area contributed by atoms with E-state index in [2.05, 4.69) is 17.2 Å². The molecular formula is C23H25N3O2S. The molecule has 5 nitrogen and oxygen atoms in total. The van der Waals surface area contributed by atoms with E-state index in [1.165, 1.54) is 11.3 Å². The van der Waals surface area contributed by atoms with Crippen LogP contribution >= 0.6 is 11.3 Å². The van der Waals surface area contributed by atoms with E-state index in [0.717, 1.165) is 28.8 Å². The van der Waals surface area contributed by atoms with Crippen molar-refractivity contribution in [1.29, 1.82) is 0 Å². The molecule has 0 fully saturated rings. The maximum absolute atomic E-state index is 13.0. The highest BCUT2D eigenvalue weighted by Gasteiger charge is 2.19. The van der Waals surface area contributed by atoms with E-state index >= 15 is 0 Å². The molecule has 1 heterocycles. The number of unbranched alkanes of at least 4 members (excludes halogenated alkanes) is 1. The van der Waals surface area contributed by atoms with Crippen LogP contribution < -0.4 is 5.32 Å². The molecule has 150 valence electrons. The standard InChI is InChI=1S/C23H25N3O2S/c1-3-4-14-26(16-21(27)25-23-24-15-17(2)29-23)22(28)20-12-10-19(11-13-20)18-8-6-5-7-9-18/h5-13,15H,3-4,14,16H2,1-2H3,(H,24,25,27). The molecule has 0 radical (unpaired) electrons. The Kier molecular flexibility index (Phi) is 7.14. The monoisotopic (exact) mass is 407 g/mol. The van der Waals surface area contributed by atoms with Gasteiger partial charge in [0.15, 0.2) is 5.13 Å². The highest BCUT2D eigenvalue weighted by Crippen LogP contribution is 2.20. The Morgan fingerprint density at radius 1 is 1.03 bits per heavy atom. The second kappa shape index (κ2) is 9.98. The first kappa shape index (κ1) is 20.7. The smallest absolute Gasteiger partial charge is 0.254 e. The van der Waals surface area contributed by atoms with Gasteiger partial charge < -0.3 is 10.2 Å². The third-order valence-electron chi connectivity index (χ3n) is 4.51. The number of amides is 2. The van der Waals surface area contributed by atoms with Crippen LogP contribution in [0.15, 0.2) is 60.8 Å². The Balaban J connectivity index is 1.70. The number of nitrogens with zero attached hydrogens (tertiary/aromatic N) is 2. The molecule has 0 aliphatic carbocycles. The fraction of sp³-hybridized carbons (Fsp3) is 0.261. The third kappa shape index (κ3) is 5.74. The van der Waals surface area contributed by atoms with Gasteiger partial charge in [0.25, 0.3) is 5.91 Å². The van der Waals surface area contributed by atoms with Crippen molar-refractivity contribution in [2.24, 2.45) is 0 Å². The number of thiazole rings is 1. The van der Waals surface area contributed by atoms with Crippen LogP contribution in [0.25, 0.3) is 11.1 Å². The van der Waals surface area contributed by atoms with Crippen LogP contribution in [0.1, 0.15) is 35.0 Å². The molecule has 3 aromatic rings. The van der Waals surface area contributed by atoms with Crippen molar-refractivity contribution in [1.82, 2.24) is 9.88 Å². The molecule has 2 aromatic carbocycles. The first-order chi connectivity index (χ1) is 14.1. The van der Waals surface area contributed by atoms with E-state index in [1.54, 1.807) is 11.1 Å². The molecule has 0 saturated heterocycles. The molecule has 0 aliphatic rings. The quantitative estimate of drug-likeness (QED) is 0.572. The normalized spacial score (nSPS) is 10.6. The number of hydrogen-bond acceptors (Lipinski definition) is 4. The number of aromatic nitrogens is 1. The van der Waals surface area contributed by atoms with Crippen LogP contribution in [0.4, 0.5) is 5.13 Å². The van der Waals surface area contributed by atoms with Crippen molar-refractivity contribution < 1.29 is 9.59 Å². The second-order valence-corrected chi connectivity index (χ2v) is 8.08. The van der Waals surface area contributed by atoms with Crippen LogP contribution in [0.2, 0.25) is 0 Å². The summed E-state index contributed by atoms with van der Waals surface area (Å²) in [6.07, 6.45) is 3.51. The van der Waals surface area contributed by atoms with E-state index in [9.17, 15) is 9.59 Å². The van der Waals surface area contributed by atoms with Gasteiger partial charge in [-0.25, -0.2) is 4.98 Å². The lowest BCUT2D eigenvalue weighted by atomic mass is 10.0. The zero-order valence-corrected chi connectivity index (χ0v) is 17.5. The van der Waals surface area contributed by atoms with Gasteiger partial charge in [-0.15, -0.1) is 11.3 Å². The molecule has 0 bridgehead atoms. The molecule has 6 heteroatoms. The van der Waals surface area contributed by atoms with Crippen molar-refractivity contribution >= 4 is 28.3 Å². The average Bonchev–Trinajstić information content (AvgIpc) is 3.15. The summed E-state index contributed by atoms with van der Waals surface area (Å²) in [5.41, 5.74) is 2.74. The van der Waals surface area contributed by atoms with Gasteiger partial charge in [0, 0.05) is 23.2 Å². The van der Waals surface area contributed by atoms with Crippen molar-refractivity contribution in [3.63, 3.8) is 0 Å². The lowest BCUT2D eigenvalue weighted by Crippen LogP contribution is -2.38. The maximum atomic E-state index is 13.0. The summed E-state index contributed by atoms with van der Waals surface area (Å²) in [7, 11) is 0. The van der Waals surface area contributed by atoms with Crippen molar-refractivity contribution in [2.75, 3.05) is 18.4 Å². The second-order valence-electron chi connectivity index (χ2n) is 6.85. The summed E-state index contributed by atoms with van der Waals surface area (Å²) in [6.45, 7) is 4.55. The average molecular weight is 408 g/mol. The first-order valence-electron chi connectivity index (χ1n) is 9.74. The zero-order valence-electron chi connectivity index (χ0n) is 16.7. The van der Waals surface area contributed by atoms with E-state index in [0.29, 0.717) is 17.2 Å². The number of carbonyl (C=O) groups excluding carboxylic acids is 2. The summed E-state index contributed by atoms with van der Waals surface area (Å²) in [6, 6.07) is 17.6. The lowest BCUT2D eigenvalue weighted by Gasteiger charge is -2.22.